The summed E-state index contributed by atoms with van der Waals surface area (Å²) in [4.78, 5) is 11.7. The molecule has 2 heteroatoms. The summed E-state index contributed by atoms with van der Waals surface area (Å²) in [5.74, 6) is 2.69. The fourth-order valence-electron chi connectivity index (χ4n) is 5.86. The minimum Gasteiger partial charge on any atom is -0.393 e. The van der Waals surface area contributed by atoms with E-state index < -0.39 is 0 Å². The lowest BCUT2D eigenvalue weighted by molar-refractivity contribution is -0.119. The Hall–Kier alpha value is -0.630. The predicted molar refractivity (Wildman–Crippen MR) is 78.2 cm³/mol. The first kappa shape index (κ1) is 13.1. The van der Waals surface area contributed by atoms with Gasteiger partial charge in [0.2, 0.25) is 0 Å². The van der Waals surface area contributed by atoms with Gasteiger partial charge in [0.25, 0.3) is 0 Å². The molecular weight excluding hydrogens is 248 g/mol. The second-order valence-electron chi connectivity index (χ2n) is 7.99. The van der Waals surface area contributed by atoms with Crippen LogP contribution >= 0.6 is 0 Å². The van der Waals surface area contributed by atoms with Gasteiger partial charge in [-0.15, -0.1) is 0 Å². The Morgan fingerprint density at radius 3 is 2.85 bits per heavy atom. The van der Waals surface area contributed by atoms with Gasteiger partial charge in [0.1, 0.15) is 5.78 Å². The molecule has 1 N–H and O–H groups in total. The van der Waals surface area contributed by atoms with Gasteiger partial charge in [-0.3, -0.25) is 4.79 Å². The number of allylic oxidation sites excluding steroid dienone is 2. The first-order valence-electron chi connectivity index (χ1n) is 8.48. The molecule has 2 fully saturated rings. The van der Waals surface area contributed by atoms with Crippen LogP contribution in [0.2, 0.25) is 0 Å². The number of hydrogen-bond donors (Lipinski definition) is 1. The number of Topliss-reactive ketones (excluding diaryl/α,β-unsaturated/α-hetero) is 1. The van der Waals surface area contributed by atoms with Crippen molar-refractivity contribution >= 4 is 5.78 Å². The van der Waals surface area contributed by atoms with Crippen molar-refractivity contribution in [1.82, 2.24) is 0 Å². The summed E-state index contributed by atoms with van der Waals surface area (Å²) >= 11 is 0. The Labute approximate surface area is 121 Å². The SMILES string of the molecule is C[C@]12C[C@H]3CCC4=C(CCC(=O)C4)[C@@H]3C[C@@H]1CC[C@@H]2O. The van der Waals surface area contributed by atoms with Gasteiger partial charge in [-0.05, 0) is 68.1 Å². The third-order valence-electron chi connectivity index (χ3n) is 7.09. The van der Waals surface area contributed by atoms with Crippen LogP contribution in [-0.4, -0.2) is 17.0 Å². The molecule has 4 rings (SSSR count). The minimum atomic E-state index is -0.0724. The molecule has 0 aliphatic heterocycles. The Kier molecular flexibility index (Phi) is 2.89. The number of rotatable bonds is 0. The summed E-state index contributed by atoms with van der Waals surface area (Å²) in [6, 6.07) is 0. The van der Waals surface area contributed by atoms with E-state index in [2.05, 4.69) is 6.92 Å². The predicted octanol–water partition coefficient (Wildman–Crippen LogP) is 3.63. The summed E-state index contributed by atoms with van der Waals surface area (Å²) in [6.45, 7) is 2.33. The molecule has 0 aromatic rings. The van der Waals surface area contributed by atoms with Gasteiger partial charge in [-0.25, -0.2) is 0 Å². The molecule has 2 saturated carbocycles. The number of ketones is 1. The van der Waals surface area contributed by atoms with E-state index in [4.69, 9.17) is 0 Å². The third kappa shape index (κ3) is 1.76. The van der Waals surface area contributed by atoms with Crippen molar-refractivity contribution in [3.8, 4) is 0 Å². The van der Waals surface area contributed by atoms with Crippen molar-refractivity contribution in [3.05, 3.63) is 11.1 Å². The normalized spacial score (nSPS) is 47.8. The highest BCUT2D eigenvalue weighted by molar-refractivity contribution is 5.82. The van der Waals surface area contributed by atoms with Crippen molar-refractivity contribution in [2.24, 2.45) is 23.2 Å². The highest BCUT2D eigenvalue weighted by atomic mass is 16.3. The van der Waals surface area contributed by atoms with Crippen LogP contribution in [0.3, 0.4) is 0 Å². The fourth-order valence-corrected chi connectivity index (χ4v) is 5.86. The van der Waals surface area contributed by atoms with Crippen molar-refractivity contribution in [1.29, 1.82) is 0 Å². The van der Waals surface area contributed by atoms with Crippen LogP contribution in [0.1, 0.15) is 64.7 Å². The Morgan fingerprint density at radius 1 is 1.15 bits per heavy atom. The largest absolute Gasteiger partial charge is 0.393 e. The van der Waals surface area contributed by atoms with Crippen molar-refractivity contribution in [2.75, 3.05) is 0 Å². The number of aliphatic hydroxyl groups is 1. The van der Waals surface area contributed by atoms with Crippen LogP contribution in [0.15, 0.2) is 11.1 Å². The summed E-state index contributed by atoms with van der Waals surface area (Å²) in [5, 5.41) is 10.4. The monoisotopic (exact) mass is 274 g/mol. The first-order chi connectivity index (χ1) is 9.58. The summed E-state index contributed by atoms with van der Waals surface area (Å²) in [7, 11) is 0. The van der Waals surface area contributed by atoms with E-state index in [0.29, 0.717) is 11.7 Å². The Balaban J connectivity index is 1.63. The van der Waals surface area contributed by atoms with E-state index in [0.717, 1.165) is 43.9 Å². The van der Waals surface area contributed by atoms with E-state index in [1.807, 2.05) is 0 Å². The maximum absolute atomic E-state index is 11.7. The molecule has 0 spiro atoms. The third-order valence-corrected chi connectivity index (χ3v) is 7.09. The minimum absolute atomic E-state index is 0.0724. The number of fused-ring (bicyclic) bond motifs is 3. The average molecular weight is 274 g/mol. The number of carbonyl (C=O) groups is 1. The van der Waals surface area contributed by atoms with E-state index >= 15 is 0 Å². The molecule has 0 heterocycles. The molecule has 110 valence electrons. The zero-order valence-electron chi connectivity index (χ0n) is 12.5. The van der Waals surface area contributed by atoms with E-state index in [1.54, 1.807) is 5.57 Å². The van der Waals surface area contributed by atoms with E-state index in [9.17, 15) is 9.90 Å². The van der Waals surface area contributed by atoms with Crippen LogP contribution in [0.5, 0.6) is 0 Å². The van der Waals surface area contributed by atoms with E-state index in [1.165, 1.54) is 31.3 Å². The van der Waals surface area contributed by atoms with Gasteiger partial charge in [-0.1, -0.05) is 18.1 Å². The summed E-state index contributed by atoms with van der Waals surface area (Å²) in [5.41, 5.74) is 3.36. The van der Waals surface area contributed by atoms with Gasteiger partial charge in [0.05, 0.1) is 6.10 Å². The quantitative estimate of drug-likeness (QED) is 0.685. The summed E-state index contributed by atoms with van der Waals surface area (Å²) in [6.07, 6.45) is 9.63. The summed E-state index contributed by atoms with van der Waals surface area (Å²) < 4.78 is 0. The molecule has 20 heavy (non-hydrogen) atoms. The molecular formula is C18H26O2. The van der Waals surface area contributed by atoms with Gasteiger partial charge in [0.15, 0.2) is 0 Å². The highest BCUT2D eigenvalue weighted by Crippen LogP contribution is 2.59. The standard InChI is InChI=1S/C18H26O2/c1-18-10-12-3-2-11-8-14(19)5-6-15(11)16(12)9-13(18)4-7-17(18)20/h12-13,16-17,20H,2-10H2,1H3/t12-,13+,16-,17+,18+/m1/s1. The second-order valence-corrected chi connectivity index (χ2v) is 7.99. The van der Waals surface area contributed by atoms with Crippen LogP contribution < -0.4 is 0 Å². The number of aliphatic hydroxyl groups excluding tert-OH is 1. The first-order valence-corrected chi connectivity index (χ1v) is 8.48. The van der Waals surface area contributed by atoms with Crippen LogP contribution in [-0.2, 0) is 4.79 Å². The van der Waals surface area contributed by atoms with Crippen LogP contribution in [0.25, 0.3) is 0 Å². The van der Waals surface area contributed by atoms with Gasteiger partial charge in [-0.2, -0.15) is 0 Å². The van der Waals surface area contributed by atoms with Gasteiger partial charge in [0, 0.05) is 12.8 Å². The molecule has 0 bridgehead atoms. The lowest BCUT2D eigenvalue weighted by atomic mass is 9.55. The Morgan fingerprint density at radius 2 is 2.00 bits per heavy atom. The molecule has 0 radical (unpaired) electrons. The molecule has 0 aromatic carbocycles. The lowest BCUT2D eigenvalue weighted by Gasteiger charge is -2.50. The molecule has 0 saturated heterocycles. The number of carbonyl (C=O) groups excluding carboxylic acids is 1. The molecule has 4 aliphatic rings. The van der Waals surface area contributed by atoms with Crippen LogP contribution in [0.4, 0.5) is 0 Å². The zero-order valence-corrected chi connectivity index (χ0v) is 12.5. The van der Waals surface area contributed by atoms with Crippen LogP contribution in [0, 0.1) is 23.2 Å². The smallest absolute Gasteiger partial charge is 0.137 e. The topological polar surface area (TPSA) is 37.3 Å². The molecule has 2 nitrogen and oxygen atoms in total. The zero-order chi connectivity index (χ0) is 13.9. The van der Waals surface area contributed by atoms with Crippen molar-refractivity contribution in [2.45, 2.75) is 70.8 Å². The maximum Gasteiger partial charge on any atom is 0.137 e. The lowest BCUT2D eigenvalue weighted by Crippen LogP contribution is -2.44. The molecule has 0 amide bonds. The number of hydrogen-bond acceptors (Lipinski definition) is 2. The molecule has 0 aromatic heterocycles. The van der Waals surface area contributed by atoms with Crippen molar-refractivity contribution in [3.63, 3.8) is 0 Å². The maximum atomic E-state index is 11.7. The highest BCUT2D eigenvalue weighted by Gasteiger charge is 2.53. The Bertz CT molecular complexity index is 478. The van der Waals surface area contributed by atoms with Gasteiger partial charge < -0.3 is 5.11 Å². The molecule has 5 atom stereocenters. The molecule has 0 unspecified atom stereocenters. The average Bonchev–Trinajstić information content (AvgIpc) is 2.71. The fraction of sp³-hybridized carbons (Fsp3) is 0.833. The van der Waals surface area contributed by atoms with Crippen molar-refractivity contribution < 1.29 is 9.90 Å². The molecule has 4 aliphatic carbocycles. The van der Waals surface area contributed by atoms with E-state index in [-0.39, 0.29) is 11.5 Å². The second kappa shape index (κ2) is 4.43. The van der Waals surface area contributed by atoms with Gasteiger partial charge >= 0.3 is 0 Å².